The SMILES string of the molecule is CN(Cc1ccc(-c2cccc(Br)n2)cc1)C(=O)c1cc(Br)cc(Br)c1. The van der Waals surface area contributed by atoms with E-state index in [2.05, 4.69) is 52.8 Å². The summed E-state index contributed by atoms with van der Waals surface area (Å²) in [6.45, 7) is 0.537. The monoisotopic (exact) mass is 536 g/mol. The number of hydrogen-bond acceptors (Lipinski definition) is 2. The van der Waals surface area contributed by atoms with Gasteiger partial charge in [-0.2, -0.15) is 0 Å². The van der Waals surface area contributed by atoms with Gasteiger partial charge in [-0.3, -0.25) is 4.79 Å². The Morgan fingerprint density at radius 2 is 1.62 bits per heavy atom. The molecule has 0 saturated heterocycles. The Hall–Kier alpha value is -1.50. The molecule has 0 aliphatic rings. The fourth-order valence-electron chi connectivity index (χ4n) is 2.59. The number of aromatic nitrogens is 1. The molecule has 0 aliphatic carbocycles. The van der Waals surface area contributed by atoms with E-state index in [4.69, 9.17) is 0 Å². The van der Waals surface area contributed by atoms with Crippen LogP contribution in [0.15, 0.2) is 74.2 Å². The normalized spacial score (nSPS) is 10.6. The van der Waals surface area contributed by atoms with Gasteiger partial charge in [0.05, 0.1) is 5.69 Å². The number of carbonyl (C=O) groups excluding carboxylic acids is 1. The first-order valence-electron chi connectivity index (χ1n) is 7.86. The summed E-state index contributed by atoms with van der Waals surface area (Å²) in [6.07, 6.45) is 0. The van der Waals surface area contributed by atoms with Gasteiger partial charge in [-0.15, -0.1) is 0 Å². The number of carbonyl (C=O) groups is 1. The molecule has 0 saturated carbocycles. The highest BCUT2D eigenvalue weighted by Gasteiger charge is 2.13. The summed E-state index contributed by atoms with van der Waals surface area (Å²) < 4.78 is 2.55. The first kappa shape index (κ1) is 19.3. The van der Waals surface area contributed by atoms with Gasteiger partial charge in [-0.25, -0.2) is 4.98 Å². The molecule has 0 radical (unpaired) electrons. The molecule has 26 heavy (non-hydrogen) atoms. The molecule has 3 nitrogen and oxygen atoms in total. The Kier molecular flexibility index (Phi) is 6.27. The van der Waals surface area contributed by atoms with E-state index in [9.17, 15) is 4.79 Å². The second-order valence-electron chi connectivity index (χ2n) is 5.86. The molecule has 2 aromatic carbocycles. The summed E-state index contributed by atoms with van der Waals surface area (Å²) in [5.74, 6) is -0.0234. The first-order chi connectivity index (χ1) is 12.4. The van der Waals surface area contributed by atoms with Crippen molar-refractivity contribution in [3.05, 3.63) is 85.3 Å². The molecule has 6 heteroatoms. The highest BCUT2D eigenvalue weighted by atomic mass is 79.9. The third-order valence-corrected chi connectivity index (χ3v) is 5.20. The zero-order valence-corrected chi connectivity index (χ0v) is 18.7. The minimum Gasteiger partial charge on any atom is -0.337 e. The molecule has 0 aliphatic heterocycles. The van der Waals surface area contributed by atoms with Gasteiger partial charge in [0.1, 0.15) is 4.60 Å². The van der Waals surface area contributed by atoms with E-state index in [0.29, 0.717) is 12.1 Å². The summed E-state index contributed by atoms with van der Waals surface area (Å²) in [7, 11) is 1.81. The van der Waals surface area contributed by atoms with Crippen LogP contribution in [0.4, 0.5) is 0 Å². The van der Waals surface area contributed by atoms with Crippen molar-refractivity contribution in [1.29, 1.82) is 0 Å². The molecule has 1 amide bonds. The fraction of sp³-hybridized carbons (Fsp3) is 0.100. The number of amides is 1. The van der Waals surface area contributed by atoms with Gasteiger partial charge < -0.3 is 4.90 Å². The van der Waals surface area contributed by atoms with Crippen LogP contribution in [0.3, 0.4) is 0 Å². The third kappa shape index (κ3) is 4.81. The summed E-state index contributed by atoms with van der Waals surface area (Å²) >= 11 is 10.2. The number of nitrogens with zero attached hydrogens (tertiary/aromatic N) is 2. The summed E-state index contributed by atoms with van der Waals surface area (Å²) in [4.78, 5) is 18.8. The fourth-order valence-corrected chi connectivity index (χ4v) is 4.23. The average molecular weight is 539 g/mol. The first-order valence-corrected chi connectivity index (χ1v) is 10.2. The van der Waals surface area contributed by atoms with Crippen LogP contribution in [0.1, 0.15) is 15.9 Å². The molecule has 1 aromatic heterocycles. The van der Waals surface area contributed by atoms with Crippen LogP contribution in [0.2, 0.25) is 0 Å². The van der Waals surface area contributed by atoms with Crippen molar-refractivity contribution in [3.8, 4) is 11.3 Å². The van der Waals surface area contributed by atoms with Crippen molar-refractivity contribution in [2.45, 2.75) is 6.54 Å². The van der Waals surface area contributed by atoms with Crippen LogP contribution in [0, 0.1) is 0 Å². The summed E-state index contributed by atoms with van der Waals surface area (Å²) in [5, 5.41) is 0. The van der Waals surface area contributed by atoms with Gasteiger partial charge in [0.25, 0.3) is 5.91 Å². The Balaban J connectivity index is 1.73. The van der Waals surface area contributed by atoms with E-state index in [1.165, 1.54) is 0 Å². The lowest BCUT2D eigenvalue weighted by molar-refractivity contribution is 0.0785. The van der Waals surface area contributed by atoms with Crippen LogP contribution in [0.25, 0.3) is 11.3 Å². The van der Waals surface area contributed by atoms with E-state index in [1.54, 1.807) is 11.9 Å². The van der Waals surface area contributed by atoms with Crippen molar-refractivity contribution in [2.75, 3.05) is 7.05 Å². The highest BCUT2D eigenvalue weighted by molar-refractivity contribution is 9.11. The molecular formula is C20H15Br3N2O. The van der Waals surface area contributed by atoms with Crippen molar-refractivity contribution >= 4 is 53.7 Å². The van der Waals surface area contributed by atoms with Crippen LogP contribution in [-0.2, 0) is 6.54 Å². The molecule has 132 valence electrons. The van der Waals surface area contributed by atoms with Gasteiger partial charge >= 0.3 is 0 Å². The van der Waals surface area contributed by atoms with Crippen LogP contribution >= 0.6 is 47.8 Å². The van der Waals surface area contributed by atoms with Crippen molar-refractivity contribution in [3.63, 3.8) is 0 Å². The second kappa shape index (κ2) is 8.46. The molecule has 3 aromatic rings. The Morgan fingerprint density at radius 3 is 2.23 bits per heavy atom. The quantitative estimate of drug-likeness (QED) is 0.365. The Labute approximate surface area is 177 Å². The van der Waals surface area contributed by atoms with Crippen LogP contribution < -0.4 is 0 Å². The molecule has 0 fully saturated rings. The predicted octanol–water partition coefficient (Wildman–Crippen LogP) is 6.31. The van der Waals surface area contributed by atoms with E-state index in [0.717, 1.165) is 30.4 Å². The summed E-state index contributed by atoms with van der Waals surface area (Å²) in [6, 6.07) is 19.5. The Morgan fingerprint density at radius 1 is 0.962 bits per heavy atom. The predicted molar refractivity (Wildman–Crippen MR) is 115 cm³/mol. The Bertz CT molecular complexity index is 922. The number of pyridine rings is 1. The molecule has 0 unspecified atom stereocenters. The van der Waals surface area contributed by atoms with Gasteiger partial charge in [0.2, 0.25) is 0 Å². The topological polar surface area (TPSA) is 33.2 Å². The van der Waals surface area contributed by atoms with E-state index < -0.39 is 0 Å². The minimum atomic E-state index is -0.0234. The van der Waals surface area contributed by atoms with Gasteiger partial charge in [0.15, 0.2) is 0 Å². The number of halogens is 3. The lowest BCUT2D eigenvalue weighted by Gasteiger charge is -2.18. The number of rotatable bonds is 4. The molecule has 3 rings (SSSR count). The number of hydrogen-bond donors (Lipinski definition) is 0. The molecule has 0 bridgehead atoms. The highest BCUT2D eigenvalue weighted by Crippen LogP contribution is 2.22. The van der Waals surface area contributed by atoms with Crippen molar-refractivity contribution in [1.82, 2.24) is 9.88 Å². The lowest BCUT2D eigenvalue weighted by atomic mass is 10.1. The zero-order valence-electron chi connectivity index (χ0n) is 13.9. The maximum atomic E-state index is 12.6. The molecule has 1 heterocycles. The molecule has 0 N–H and O–H groups in total. The van der Waals surface area contributed by atoms with Gasteiger partial charge in [0, 0.05) is 33.7 Å². The zero-order chi connectivity index (χ0) is 18.7. The smallest absolute Gasteiger partial charge is 0.253 e. The molecule has 0 atom stereocenters. The maximum Gasteiger partial charge on any atom is 0.253 e. The minimum absolute atomic E-state index is 0.0234. The molecule has 0 spiro atoms. The number of benzene rings is 2. The van der Waals surface area contributed by atoms with Crippen LogP contribution in [-0.4, -0.2) is 22.8 Å². The van der Waals surface area contributed by atoms with Gasteiger partial charge in [-0.1, -0.05) is 62.2 Å². The second-order valence-corrected chi connectivity index (χ2v) is 8.51. The van der Waals surface area contributed by atoms with E-state index in [1.807, 2.05) is 60.7 Å². The van der Waals surface area contributed by atoms with E-state index >= 15 is 0 Å². The lowest BCUT2D eigenvalue weighted by Crippen LogP contribution is -2.26. The maximum absolute atomic E-state index is 12.6. The third-order valence-electron chi connectivity index (χ3n) is 3.84. The van der Waals surface area contributed by atoms with Crippen molar-refractivity contribution < 1.29 is 4.79 Å². The summed E-state index contributed by atoms with van der Waals surface area (Å²) in [5.41, 5.74) is 3.66. The van der Waals surface area contributed by atoms with E-state index in [-0.39, 0.29) is 5.91 Å². The average Bonchev–Trinajstić information content (AvgIpc) is 2.61. The van der Waals surface area contributed by atoms with Gasteiger partial charge in [-0.05, 0) is 51.8 Å². The van der Waals surface area contributed by atoms with Crippen LogP contribution in [0.5, 0.6) is 0 Å². The standard InChI is InChI=1S/C20H15Br3N2O/c1-25(20(26)15-9-16(21)11-17(22)10-15)12-13-5-7-14(8-6-13)18-3-2-4-19(23)24-18/h2-11H,12H2,1H3. The molecular weight excluding hydrogens is 524 g/mol. The largest absolute Gasteiger partial charge is 0.337 e. The van der Waals surface area contributed by atoms with Crippen molar-refractivity contribution in [2.24, 2.45) is 0 Å².